The van der Waals surface area contributed by atoms with E-state index < -0.39 is 11.7 Å². The Hall–Kier alpha value is -1.62. The van der Waals surface area contributed by atoms with Crippen LogP contribution in [0.25, 0.3) is 0 Å². The molecule has 0 radical (unpaired) electrons. The zero-order valence-electron chi connectivity index (χ0n) is 12.7. The van der Waals surface area contributed by atoms with Crippen molar-refractivity contribution in [2.45, 2.75) is 44.8 Å². The summed E-state index contributed by atoms with van der Waals surface area (Å²) in [7, 11) is 0. The lowest BCUT2D eigenvalue weighted by molar-refractivity contribution is 0.0174. The lowest BCUT2D eigenvalue weighted by Crippen LogP contribution is -2.41. The van der Waals surface area contributed by atoms with Gasteiger partial charge in [-0.25, -0.2) is 9.18 Å². The van der Waals surface area contributed by atoms with Gasteiger partial charge in [-0.1, -0.05) is 12.1 Å². The first-order chi connectivity index (χ1) is 9.80. The molecule has 0 aliphatic carbocycles. The first-order valence-corrected chi connectivity index (χ1v) is 7.16. The van der Waals surface area contributed by atoms with Crippen LogP contribution in [0.3, 0.4) is 0 Å². The monoisotopic (exact) mass is 295 g/mol. The number of amides is 1. The highest BCUT2D eigenvalue weighted by molar-refractivity contribution is 5.69. The average molecular weight is 295 g/mol. The van der Waals surface area contributed by atoms with Crippen molar-refractivity contribution in [3.63, 3.8) is 0 Å². The van der Waals surface area contributed by atoms with E-state index in [0.717, 1.165) is 5.56 Å². The van der Waals surface area contributed by atoms with Gasteiger partial charge in [-0.3, -0.25) is 0 Å². The van der Waals surface area contributed by atoms with Gasteiger partial charge in [0.25, 0.3) is 0 Å². The molecule has 2 unspecified atom stereocenters. The Bertz CT molecular complexity index is 495. The Morgan fingerprint density at radius 1 is 1.38 bits per heavy atom. The van der Waals surface area contributed by atoms with E-state index in [1.165, 1.54) is 12.1 Å². The van der Waals surface area contributed by atoms with Crippen molar-refractivity contribution in [1.82, 2.24) is 4.90 Å². The lowest BCUT2D eigenvalue weighted by Gasteiger charge is -2.27. The molecule has 0 saturated carbocycles. The molecule has 0 spiro atoms. The summed E-state index contributed by atoms with van der Waals surface area (Å²) in [5, 5.41) is 9.48. The number of aliphatic hydroxyl groups is 1. The second kappa shape index (κ2) is 6.02. The quantitative estimate of drug-likeness (QED) is 0.912. The Labute approximate surface area is 124 Å². The van der Waals surface area contributed by atoms with Gasteiger partial charge in [0.05, 0.1) is 12.6 Å². The molecule has 2 atom stereocenters. The van der Waals surface area contributed by atoms with E-state index in [1.54, 1.807) is 17.0 Å². The maximum atomic E-state index is 13.0. The molecule has 0 aromatic heterocycles. The minimum atomic E-state index is -0.564. The largest absolute Gasteiger partial charge is 0.444 e. The van der Waals surface area contributed by atoms with Gasteiger partial charge in [-0.2, -0.15) is 0 Å². The molecule has 4 nitrogen and oxygen atoms in total. The molecule has 116 valence electrons. The standard InChI is InChI=1S/C16H22FNO3/c1-16(2,3)21-15(20)18-9-12(8-14(18)10-19)11-4-6-13(17)7-5-11/h4-7,12,14,19H,8-10H2,1-3H3. The number of halogens is 1. The highest BCUT2D eigenvalue weighted by atomic mass is 19.1. The Morgan fingerprint density at radius 3 is 2.52 bits per heavy atom. The van der Waals surface area contributed by atoms with Crippen LogP contribution in [0, 0.1) is 5.82 Å². The van der Waals surface area contributed by atoms with E-state index in [9.17, 15) is 14.3 Å². The maximum Gasteiger partial charge on any atom is 0.410 e. The normalized spacial score (nSPS) is 22.4. The van der Waals surface area contributed by atoms with Gasteiger partial charge in [0.2, 0.25) is 0 Å². The number of hydrogen-bond donors (Lipinski definition) is 1. The zero-order valence-corrected chi connectivity index (χ0v) is 12.7. The SMILES string of the molecule is CC(C)(C)OC(=O)N1CC(c2ccc(F)cc2)CC1CO. The fourth-order valence-corrected chi connectivity index (χ4v) is 2.61. The topological polar surface area (TPSA) is 49.8 Å². The van der Waals surface area contributed by atoms with Crippen LogP contribution >= 0.6 is 0 Å². The number of benzene rings is 1. The number of carbonyl (C=O) groups excluding carboxylic acids is 1. The predicted octanol–water partition coefficient (Wildman–Crippen LogP) is 2.91. The smallest absolute Gasteiger partial charge is 0.410 e. The molecule has 21 heavy (non-hydrogen) atoms. The van der Waals surface area contributed by atoms with Crippen LogP contribution in [0.5, 0.6) is 0 Å². The van der Waals surface area contributed by atoms with Gasteiger partial charge in [-0.15, -0.1) is 0 Å². The van der Waals surface area contributed by atoms with Crippen molar-refractivity contribution in [3.05, 3.63) is 35.6 Å². The molecule has 0 bridgehead atoms. The van der Waals surface area contributed by atoms with Gasteiger partial charge >= 0.3 is 6.09 Å². The molecule has 1 aromatic carbocycles. The summed E-state index contributed by atoms with van der Waals surface area (Å²) in [6, 6.07) is 6.04. The van der Waals surface area contributed by atoms with Crippen LogP contribution in [-0.4, -0.2) is 40.9 Å². The Kier molecular flexibility index (Phi) is 4.52. The highest BCUT2D eigenvalue weighted by Gasteiger charge is 2.37. The van der Waals surface area contributed by atoms with Crippen LogP contribution in [-0.2, 0) is 4.74 Å². The van der Waals surface area contributed by atoms with E-state index in [4.69, 9.17) is 4.74 Å². The number of likely N-dealkylation sites (tertiary alicyclic amines) is 1. The van der Waals surface area contributed by atoms with Gasteiger partial charge in [-0.05, 0) is 44.9 Å². The van der Waals surface area contributed by atoms with E-state index in [0.29, 0.717) is 13.0 Å². The van der Waals surface area contributed by atoms with Crippen molar-refractivity contribution in [2.24, 2.45) is 0 Å². The summed E-state index contributed by atoms with van der Waals surface area (Å²) in [6.07, 6.45) is 0.243. The van der Waals surface area contributed by atoms with Crippen molar-refractivity contribution >= 4 is 6.09 Å². The second-order valence-electron chi connectivity index (χ2n) is 6.45. The second-order valence-corrected chi connectivity index (χ2v) is 6.45. The fourth-order valence-electron chi connectivity index (χ4n) is 2.61. The average Bonchev–Trinajstić information content (AvgIpc) is 2.82. The minimum Gasteiger partial charge on any atom is -0.444 e. The van der Waals surface area contributed by atoms with Crippen LogP contribution in [0.1, 0.15) is 38.7 Å². The molecule has 2 rings (SSSR count). The zero-order chi connectivity index (χ0) is 15.6. The first kappa shape index (κ1) is 15.8. The number of carbonyl (C=O) groups is 1. The molecular formula is C16H22FNO3. The molecule has 1 aliphatic heterocycles. The Morgan fingerprint density at radius 2 is 2.00 bits per heavy atom. The maximum absolute atomic E-state index is 13.0. The third kappa shape index (κ3) is 3.94. The number of ether oxygens (including phenoxy) is 1. The fraction of sp³-hybridized carbons (Fsp3) is 0.562. The molecule has 1 fully saturated rings. The third-order valence-corrected chi connectivity index (χ3v) is 3.59. The molecule has 5 heteroatoms. The van der Waals surface area contributed by atoms with Crippen LogP contribution in [0.2, 0.25) is 0 Å². The van der Waals surface area contributed by atoms with Gasteiger partial charge in [0.1, 0.15) is 11.4 Å². The molecule has 1 aromatic rings. The molecular weight excluding hydrogens is 273 g/mol. The van der Waals surface area contributed by atoms with Crippen LogP contribution in [0.4, 0.5) is 9.18 Å². The van der Waals surface area contributed by atoms with E-state index in [-0.39, 0.29) is 24.4 Å². The van der Waals surface area contributed by atoms with Gasteiger partial charge in [0.15, 0.2) is 0 Å². The van der Waals surface area contributed by atoms with Crippen molar-refractivity contribution in [1.29, 1.82) is 0 Å². The number of aliphatic hydroxyl groups excluding tert-OH is 1. The summed E-state index contributed by atoms with van der Waals surface area (Å²) >= 11 is 0. The third-order valence-electron chi connectivity index (χ3n) is 3.59. The summed E-state index contributed by atoms with van der Waals surface area (Å²) in [5.41, 5.74) is 0.409. The molecule has 1 amide bonds. The number of nitrogens with zero attached hydrogens (tertiary/aromatic N) is 1. The van der Waals surface area contributed by atoms with Crippen molar-refractivity contribution in [3.8, 4) is 0 Å². The summed E-state index contributed by atoms with van der Waals surface area (Å²) in [6.45, 7) is 5.81. The van der Waals surface area contributed by atoms with E-state index in [2.05, 4.69) is 0 Å². The first-order valence-electron chi connectivity index (χ1n) is 7.16. The molecule has 1 aliphatic rings. The van der Waals surface area contributed by atoms with Crippen LogP contribution < -0.4 is 0 Å². The van der Waals surface area contributed by atoms with Crippen LogP contribution in [0.15, 0.2) is 24.3 Å². The highest BCUT2D eigenvalue weighted by Crippen LogP contribution is 2.32. The summed E-state index contributed by atoms with van der Waals surface area (Å²) in [4.78, 5) is 13.8. The Balaban J connectivity index is 2.10. The van der Waals surface area contributed by atoms with Gasteiger partial charge in [0, 0.05) is 12.5 Å². The van der Waals surface area contributed by atoms with Gasteiger partial charge < -0.3 is 14.7 Å². The van der Waals surface area contributed by atoms with E-state index in [1.807, 2.05) is 20.8 Å². The lowest BCUT2D eigenvalue weighted by atomic mass is 9.96. The molecule has 1 heterocycles. The summed E-state index contributed by atoms with van der Waals surface area (Å²) < 4.78 is 18.4. The number of rotatable bonds is 2. The van der Waals surface area contributed by atoms with E-state index >= 15 is 0 Å². The number of hydrogen-bond acceptors (Lipinski definition) is 3. The molecule has 1 N–H and O–H groups in total. The molecule has 1 saturated heterocycles. The minimum absolute atomic E-state index is 0.0928. The predicted molar refractivity (Wildman–Crippen MR) is 77.6 cm³/mol. The van der Waals surface area contributed by atoms with Crippen molar-refractivity contribution < 1.29 is 19.0 Å². The summed E-state index contributed by atoms with van der Waals surface area (Å²) in [5.74, 6) is -0.185. The van der Waals surface area contributed by atoms with Crippen molar-refractivity contribution in [2.75, 3.05) is 13.2 Å².